The molecule has 5 nitrogen and oxygen atoms in total. The summed E-state index contributed by atoms with van der Waals surface area (Å²) in [6.45, 7) is 8.61. The molecule has 2 N–H and O–H groups in total. The van der Waals surface area contributed by atoms with Crippen molar-refractivity contribution in [3.63, 3.8) is 0 Å². The molecule has 2 aliphatic heterocycles. The third-order valence-corrected chi connectivity index (χ3v) is 12.5. The molecule has 2 heterocycles. The molecular formula is C28H46N2O3S. The van der Waals surface area contributed by atoms with Gasteiger partial charge in [0.15, 0.2) is 0 Å². The zero-order valence-corrected chi connectivity index (χ0v) is 22.6. The van der Waals surface area contributed by atoms with E-state index in [0.717, 1.165) is 43.6 Å². The SMILES string of the molecule is CC1=C2C[C@H]3[C@@H](CC[C@@H]4C[C@H](NS(C)(=O)=O)CC[C@@]43C)[C@@H]2CC[C@@]2(C1)O[C@@H]1CCCNC1[C@H]2C. The van der Waals surface area contributed by atoms with Gasteiger partial charge in [-0.1, -0.05) is 25.0 Å². The normalized spacial score (nSPS) is 50.9. The van der Waals surface area contributed by atoms with Crippen molar-refractivity contribution in [2.45, 2.75) is 115 Å². The molecule has 3 saturated carbocycles. The summed E-state index contributed by atoms with van der Waals surface area (Å²) in [5.74, 6) is 3.59. The second-order valence-corrected chi connectivity index (χ2v) is 15.2. The van der Waals surface area contributed by atoms with Crippen LogP contribution in [0.2, 0.25) is 0 Å². The van der Waals surface area contributed by atoms with Crippen molar-refractivity contribution in [2.75, 3.05) is 12.8 Å². The van der Waals surface area contributed by atoms with Gasteiger partial charge in [-0.15, -0.1) is 0 Å². The molecule has 0 radical (unpaired) electrons. The molecule has 0 amide bonds. The minimum atomic E-state index is -3.12. The summed E-state index contributed by atoms with van der Waals surface area (Å²) in [5, 5.41) is 3.80. The number of nitrogens with one attached hydrogen (secondary N) is 2. The number of ether oxygens (including phenoxy) is 1. The zero-order chi connectivity index (χ0) is 23.9. The average molecular weight is 491 g/mol. The van der Waals surface area contributed by atoms with E-state index < -0.39 is 10.0 Å². The van der Waals surface area contributed by atoms with E-state index in [1.54, 1.807) is 11.1 Å². The lowest BCUT2D eigenvalue weighted by molar-refractivity contribution is -0.0712. The van der Waals surface area contributed by atoms with Gasteiger partial charge in [0, 0.05) is 18.0 Å². The van der Waals surface area contributed by atoms with Crippen LogP contribution in [-0.2, 0) is 14.8 Å². The van der Waals surface area contributed by atoms with Crippen LogP contribution in [0.4, 0.5) is 0 Å². The van der Waals surface area contributed by atoms with Gasteiger partial charge in [0.25, 0.3) is 0 Å². The standard InChI is InChI=1S/C28H46N2O3S/c1-17-16-28(18(2)26-25(33-28)6-5-13-29-26)12-10-21-22-8-7-19-14-20(30-34(4,31)32)9-11-27(19,3)24(22)15-23(17)21/h18-22,24-26,29-30H,5-16H2,1-4H3/t18-,19-,20-,21+,22+,24+,25-,26?,27+,28+/m1/s1. The molecule has 6 aliphatic rings. The van der Waals surface area contributed by atoms with Crippen LogP contribution < -0.4 is 10.0 Å². The molecule has 0 aromatic carbocycles. The molecular weight excluding hydrogens is 444 g/mol. The van der Waals surface area contributed by atoms with Crippen LogP contribution in [0.1, 0.15) is 91.4 Å². The predicted octanol–water partition coefficient (Wildman–Crippen LogP) is 4.78. The number of hydrogen-bond acceptors (Lipinski definition) is 4. The largest absolute Gasteiger partial charge is 0.369 e. The Bertz CT molecular complexity index is 963. The Morgan fingerprint density at radius 1 is 1.12 bits per heavy atom. The topological polar surface area (TPSA) is 67.4 Å². The fourth-order valence-corrected chi connectivity index (χ4v) is 10.9. The second-order valence-electron chi connectivity index (χ2n) is 13.4. The molecule has 2 saturated heterocycles. The van der Waals surface area contributed by atoms with Crippen LogP contribution in [-0.4, -0.2) is 45.0 Å². The quantitative estimate of drug-likeness (QED) is 0.547. The highest BCUT2D eigenvalue weighted by atomic mass is 32.2. The number of piperidine rings is 1. The van der Waals surface area contributed by atoms with Crippen LogP contribution in [0, 0.1) is 35.0 Å². The Morgan fingerprint density at radius 3 is 2.71 bits per heavy atom. The number of sulfonamides is 1. The van der Waals surface area contributed by atoms with Gasteiger partial charge in [-0.05, 0) is 113 Å². The van der Waals surface area contributed by atoms with Gasteiger partial charge < -0.3 is 10.1 Å². The highest BCUT2D eigenvalue weighted by molar-refractivity contribution is 7.88. The van der Waals surface area contributed by atoms with E-state index in [1.807, 2.05) is 0 Å². The summed E-state index contributed by atoms with van der Waals surface area (Å²) in [6.07, 6.45) is 14.9. The fraction of sp³-hybridized carbons (Fsp3) is 0.929. The zero-order valence-electron chi connectivity index (χ0n) is 21.7. The van der Waals surface area contributed by atoms with Crippen molar-refractivity contribution < 1.29 is 13.2 Å². The van der Waals surface area contributed by atoms with Crippen molar-refractivity contribution in [2.24, 2.45) is 35.0 Å². The molecule has 0 aromatic rings. The van der Waals surface area contributed by atoms with Gasteiger partial charge >= 0.3 is 0 Å². The van der Waals surface area contributed by atoms with E-state index in [-0.39, 0.29) is 11.6 Å². The number of allylic oxidation sites excluding steroid dienone is 1. The molecule has 10 atom stereocenters. The maximum absolute atomic E-state index is 11.8. The molecule has 4 aliphatic carbocycles. The molecule has 0 aromatic heterocycles. The van der Waals surface area contributed by atoms with Gasteiger partial charge in [0.1, 0.15) is 0 Å². The summed E-state index contributed by atoms with van der Waals surface area (Å²) >= 11 is 0. The molecule has 34 heavy (non-hydrogen) atoms. The smallest absolute Gasteiger partial charge is 0.208 e. The molecule has 6 rings (SSSR count). The van der Waals surface area contributed by atoms with Gasteiger partial charge in [0.2, 0.25) is 10.0 Å². The first-order valence-electron chi connectivity index (χ1n) is 14.2. The van der Waals surface area contributed by atoms with Crippen LogP contribution >= 0.6 is 0 Å². The van der Waals surface area contributed by atoms with Gasteiger partial charge in [0.05, 0.1) is 18.0 Å². The first-order chi connectivity index (χ1) is 16.1. The average Bonchev–Trinajstić information content (AvgIpc) is 3.24. The van der Waals surface area contributed by atoms with Crippen LogP contribution in [0.5, 0.6) is 0 Å². The minimum Gasteiger partial charge on any atom is -0.369 e. The van der Waals surface area contributed by atoms with E-state index in [9.17, 15) is 8.42 Å². The van der Waals surface area contributed by atoms with Crippen molar-refractivity contribution >= 4 is 10.0 Å². The third-order valence-electron chi connectivity index (χ3n) is 11.7. The Morgan fingerprint density at radius 2 is 1.94 bits per heavy atom. The molecule has 6 heteroatoms. The van der Waals surface area contributed by atoms with E-state index in [1.165, 1.54) is 57.6 Å². The van der Waals surface area contributed by atoms with Crippen molar-refractivity contribution in [3.05, 3.63) is 11.1 Å². The molecule has 5 fully saturated rings. The van der Waals surface area contributed by atoms with E-state index in [2.05, 4.69) is 30.8 Å². The lowest BCUT2D eigenvalue weighted by Crippen LogP contribution is -2.50. The summed E-state index contributed by atoms with van der Waals surface area (Å²) in [6, 6.07) is 0.678. The van der Waals surface area contributed by atoms with Crippen molar-refractivity contribution in [1.29, 1.82) is 0 Å². The summed E-state index contributed by atoms with van der Waals surface area (Å²) in [7, 11) is -3.12. The molecule has 192 valence electrons. The van der Waals surface area contributed by atoms with Crippen LogP contribution in [0.25, 0.3) is 0 Å². The maximum atomic E-state index is 11.8. The van der Waals surface area contributed by atoms with Crippen molar-refractivity contribution in [3.8, 4) is 0 Å². The van der Waals surface area contributed by atoms with Crippen molar-refractivity contribution in [1.82, 2.24) is 10.0 Å². The van der Waals surface area contributed by atoms with Crippen LogP contribution in [0.15, 0.2) is 11.1 Å². The van der Waals surface area contributed by atoms with Gasteiger partial charge in [-0.2, -0.15) is 0 Å². The first-order valence-corrected chi connectivity index (χ1v) is 16.1. The Labute approximate surface area is 207 Å². The molecule has 1 unspecified atom stereocenters. The molecule has 1 spiro atoms. The highest BCUT2D eigenvalue weighted by Gasteiger charge is 2.59. The van der Waals surface area contributed by atoms with E-state index in [4.69, 9.17) is 4.74 Å². The maximum Gasteiger partial charge on any atom is 0.208 e. The number of fused-ring (bicyclic) bond motifs is 6. The Hall–Kier alpha value is -0.430. The Kier molecular flexibility index (Phi) is 5.84. The van der Waals surface area contributed by atoms with E-state index >= 15 is 0 Å². The van der Waals surface area contributed by atoms with Gasteiger partial charge in [-0.25, -0.2) is 13.1 Å². The lowest BCUT2D eigenvalue weighted by Gasteiger charge is -2.54. The minimum absolute atomic E-state index is 0.0417. The summed E-state index contributed by atoms with van der Waals surface area (Å²) < 4.78 is 33.6. The van der Waals surface area contributed by atoms with E-state index in [0.29, 0.717) is 29.4 Å². The lowest BCUT2D eigenvalue weighted by atomic mass is 9.52. The van der Waals surface area contributed by atoms with Crippen LogP contribution in [0.3, 0.4) is 0 Å². The number of rotatable bonds is 2. The second kappa shape index (κ2) is 8.29. The monoisotopic (exact) mass is 490 g/mol. The summed E-state index contributed by atoms with van der Waals surface area (Å²) in [5.41, 5.74) is 3.85. The van der Waals surface area contributed by atoms with Gasteiger partial charge in [-0.3, -0.25) is 0 Å². The predicted molar refractivity (Wildman–Crippen MR) is 136 cm³/mol. The third kappa shape index (κ3) is 3.76. The first kappa shape index (κ1) is 23.9. The number of hydrogen-bond donors (Lipinski definition) is 2. The highest BCUT2D eigenvalue weighted by Crippen LogP contribution is 2.65. The Balaban J connectivity index is 1.23. The summed E-state index contributed by atoms with van der Waals surface area (Å²) in [4.78, 5) is 0. The fourth-order valence-electron chi connectivity index (χ4n) is 10.0. The molecule has 0 bridgehead atoms.